The van der Waals surface area contributed by atoms with Crippen molar-refractivity contribution in [3.63, 3.8) is 0 Å². The molecule has 9 heteroatoms. The molecule has 0 fully saturated rings. The zero-order valence-electron chi connectivity index (χ0n) is 14.1. The molecule has 0 aliphatic rings. The summed E-state index contributed by atoms with van der Waals surface area (Å²) in [7, 11) is 0. The van der Waals surface area contributed by atoms with Crippen molar-refractivity contribution in [1.29, 1.82) is 0 Å². The highest BCUT2D eigenvalue weighted by molar-refractivity contribution is 5.67. The zero-order chi connectivity index (χ0) is 18.9. The Balaban J connectivity index is 1.83. The van der Waals surface area contributed by atoms with Gasteiger partial charge in [-0.05, 0) is 29.7 Å². The molecular weight excluding hydrogens is 342 g/mol. The first-order valence-electron chi connectivity index (χ1n) is 7.70. The fraction of sp³-hybridized carbons (Fsp3) is 0.235. The normalized spacial score (nSPS) is 10.4. The van der Waals surface area contributed by atoms with Crippen molar-refractivity contribution in [2.75, 3.05) is 0 Å². The lowest BCUT2D eigenvalue weighted by Crippen LogP contribution is -2.23. The molecule has 0 heterocycles. The molecule has 26 heavy (non-hydrogen) atoms. The molecule has 0 saturated carbocycles. The Hall–Kier alpha value is -3.01. The van der Waals surface area contributed by atoms with E-state index in [0.29, 0.717) is 5.56 Å². The number of nitrogens with one attached hydrogen (secondary N) is 1. The second-order valence-electron chi connectivity index (χ2n) is 5.49. The van der Waals surface area contributed by atoms with E-state index in [4.69, 9.17) is 10.6 Å². The minimum absolute atomic E-state index is 0.0722. The Morgan fingerprint density at radius 2 is 1.85 bits per heavy atom. The third kappa shape index (κ3) is 5.81. The maximum Gasteiger partial charge on any atom is 0.407 e. The zero-order valence-corrected chi connectivity index (χ0v) is 14.1. The highest BCUT2D eigenvalue weighted by atomic mass is 17.3. The third-order valence-electron chi connectivity index (χ3n) is 3.55. The van der Waals surface area contributed by atoms with Crippen LogP contribution in [0, 0.1) is 17.0 Å². The van der Waals surface area contributed by atoms with Crippen LogP contribution in [0.5, 0.6) is 0 Å². The van der Waals surface area contributed by atoms with Gasteiger partial charge in [0.1, 0.15) is 13.2 Å². The highest BCUT2D eigenvalue weighted by Crippen LogP contribution is 2.20. The standard InChI is InChI=1S/C17H19N3O6/c1-12-2-7-15(16(8-12)20(22)23)11-24-17(21)19-9-13-3-5-14(6-4-13)10-25-26-18/h2-8H,9-11,18H2,1H3,(H,19,21). The van der Waals surface area contributed by atoms with Gasteiger partial charge in [0.15, 0.2) is 0 Å². The molecule has 0 radical (unpaired) electrons. The van der Waals surface area contributed by atoms with E-state index in [9.17, 15) is 14.9 Å². The van der Waals surface area contributed by atoms with Crippen LogP contribution < -0.4 is 11.2 Å². The molecule has 0 aromatic heterocycles. The number of hydrogen-bond donors (Lipinski definition) is 2. The molecule has 2 aromatic rings. The quantitative estimate of drug-likeness (QED) is 0.420. The Morgan fingerprint density at radius 1 is 1.15 bits per heavy atom. The highest BCUT2D eigenvalue weighted by Gasteiger charge is 2.15. The summed E-state index contributed by atoms with van der Waals surface area (Å²) in [6.45, 7) is 2.04. The van der Waals surface area contributed by atoms with E-state index in [2.05, 4.69) is 15.2 Å². The summed E-state index contributed by atoms with van der Waals surface area (Å²) in [6, 6.07) is 12.0. The lowest BCUT2D eigenvalue weighted by molar-refractivity contribution is -0.385. The summed E-state index contributed by atoms with van der Waals surface area (Å²) in [4.78, 5) is 31.0. The minimum Gasteiger partial charge on any atom is -0.444 e. The van der Waals surface area contributed by atoms with Crippen LogP contribution in [0.2, 0.25) is 0 Å². The molecule has 138 valence electrons. The number of hydrogen-bond acceptors (Lipinski definition) is 7. The minimum atomic E-state index is -0.663. The number of nitrogens with two attached hydrogens (primary N) is 1. The smallest absolute Gasteiger partial charge is 0.407 e. The van der Waals surface area contributed by atoms with Gasteiger partial charge in [0.2, 0.25) is 0 Å². The predicted molar refractivity (Wildman–Crippen MR) is 91.4 cm³/mol. The number of ether oxygens (including phenoxy) is 1. The van der Waals surface area contributed by atoms with Crippen LogP contribution in [0.25, 0.3) is 0 Å². The van der Waals surface area contributed by atoms with Gasteiger partial charge in [-0.2, -0.15) is 5.90 Å². The Labute approximate surface area is 149 Å². The maximum absolute atomic E-state index is 11.8. The lowest BCUT2D eigenvalue weighted by atomic mass is 10.1. The maximum atomic E-state index is 11.8. The van der Waals surface area contributed by atoms with Crippen LogP contribution in [-0.2, 0) is 34.4 Å². The van der Waals surface area contributed by atoms with Crippen molar-refractivity contribution in [3.05, 3.63) is 74.8 Å². The Kier molecular flexibility index (Phi) is 7.03. The van der Waals surface area contributed by atoms with Gasteiger partial charge >= 0.3 is 6.09 Å². The SMILES string of the molecule is Cc1ccc(COC(=O)NCc2ccc(COON)cc2)c([N+](=O)[O-])c1. The van der Waals surface area contributed by atoms with Crippen molar-refractivity contribution in [2.24, 2.45) is 5.90 Å². The predicted octanol–water partition coefficient (Wildman–Crippen LogP) is 2.65. The second kappa shape index (κ2) is 9.47. The fourth-order valence-electron chi connectivity index (χ4n) is 2.19. The van der Waals surface area contributed by atoms with E-state index in [0.717, 1.165) is 16.7 Å². The summed E-state index contributed by atoms with van der Waals surface area (Å²) in [5.74, 6) is 4.77. The molecule has 9 nitrogen and oxygen atoms in total. The van der Waals surface area contributed by atoms with E-state index in [1.54, 1.807) is 43.3 Å². The summed E-state index contributed by atoms with van der Waals surface area (Å²) < 4.78 is 5.05. The average molecular weight is 361 g/mol. The monoisotopic (exact) mass is 361 g/mol. The number of benzene rings is 2. The first kappa shape index (κ1) is 19.3. The van der Waals surface area contributed by atoms with Crippen LogP contribution in [0.4, 0.5) is 10.5 Å². The largest absolute Gasteiger partial charge is 0.444 e. The molecule has 3 N–H and O–H groups in total. The van der Waals surface area contributed by atoms with Crippen LogP contribution in [0.15, 0.2) is 42.5 Å². The molecule has 0 atom stereocenters. The molecule has 0 unspecified atom stereocenters. The van der Waals surface area contributed by atoms with E-state index in [1.807, 2.05) is 0 Å². The van der Waals surface area contributed by atoms with Gasteiger partial charge < -0.3 is 10.1 Å². The number of nitro groups is 1. The second-order valence-corrected chi connectivity index (χ2v) is 5.49. The van der Waals surface area contributed by atoms with E-state index < -0.39 is 11.0 Å². The van der Waals surface area contributed by atoms with Crippen LogP contribution in [-0.4, -0.2) is 11.0 Å². The molecular formula is C17H19N3O6. The van der Waals surface area contributed by atoms with E-state index >= 15 is 0 Å². The molecule has 0 bridgehead atoms. The Morgan fingerprint density at radius 3 is 2.50 bits per heavy atom. The van der Waals surface area contributed by atoms with Crippen molar-refractivity contribution in [1.82, 2.24) is 5.32 Å². The third-order valence-corrected chi connectivity index (χ3v) is 3.55. The first-order valence-corrected chi connectivity index (χ1v) is 7.70. The first-order chi connectivity index (χ1) is 12.5. The summed E-state index contributed by atoms with van der Waals surface area (Å²) >= 11 is 0. The van der Waals surface area contributed by atoms with Gasteiger partial charge in [-0.15, -0.1) is 4.99 Å². The molecule has 0 aliphatic carbocycles. The number of nitro benzene ring substituents is 1. The van der Waals surface area contributed by atoms with Crippen LogP contribution >= 0.6 is 0 Å². The van der Waals surface area contributed by atoms with Crippen molar-refractivity contribution < 1.29 is 24.3 Å². The van der Waals surface area contributed by atoms with Gasteiger partial charge in [0, 0.05) is 12.6 Å². The van der Waals surface area contributed by atoms with Crippen LogP contribution in [0.1, 0.15) is 22.3 Å². The number of rotatable bonds is 8. The number of carbonyl (C=O) groups excluding carboxylic acids is 1. The van der Waals surface area contributed by atoms with Gasteiger partial charge in [-0.1, -0.05) is 30.3 Å². The molecule has 0 aliphatic heterocycles. The van der Waals surface area contributed by atoms with E-state index in [1.165, 1.54) is 6.07 Å². The summed E-state index contributed by atoms with van der Waals surface area (Å²) in [6.07, 6.45) is -0.663. The van der Waals surface area contributed by atoms with Gasteiger partial charge in [0.25, 0.3) is 5.69 Å². The summed E-state index contributed by atoms with van der Waals surface area (Å²) in [5, 5.41) is 13.6. The van der Waals surface area contributed by atoms with Crippen molar-refractivity contribution in [3.8, 4) is 0 Å². The topological polar surface area (TPSA) is 126 Å². The van der Waals surface area contributed by atoms with E-state index in [-0.39, 0.29) is 25.4 Å². The molecule has 0 saturated heterocycles. The van der Waals surface area contributed by atoms with Gasteiger partial charge in [0.05, 0.1) is 10.5 Å². The average Bonchev–Trinajstić information content (AvgIpc) is 2.64. The number of amides is 1. The molecule has 0 spiro atoms. The number of alkyl carbamates (subject to hydrolysis) is 1. The van der Waals surface area contributed by atoms with Crippen LogP contribution in [0.3, 0.4) is 0 Å². The lowest BCUT2D eigenvalue weighted by Gasteiger charge is -2.08. The number of aryl methyl sites for hydroxylation is 1. The molecule has 1 amide bonds. The number of carbonyl (C=O) groups is 1. The molecule has 2 aromatic carbocycles. The summed E-state index contributed by atoms with van der Waals surface area (Å²) in [5.41, 5.74) is 2.73. The van der Waals surface area contributed by atoms with Crippen molar-refractivity contribution in [2.45, 2.75) is 26.7 Å². The van der Waals surface area contributed by atoms with Crippen molar-refractivity contribution >= 4 is 11.8 Å². The fourth-order valence-corrected chi connectivity index (χ4v) is 2.19. The molecule has 2 rings (SSSR count). The Bertz CT molecular complexity index is 764. The number of nitrogens with zero attached hydrogens (tertiary/aromatic N) is 1. The van der Waals surface area contributed by atoms with Gasteiger partial charge in [-0.25, -0.2) is 9.68 Å². The van der Waals surface area contributed by atoms with Gasteiger partial charge in [-0.3, -0.25) is 10.1 Å².